The molecule has 0 unspecified atom stereocenters. The Labute approximate surface area is 151 Å². The van der Waals surface area contributed by atoms with Crippen LogP contribution in [0.1, 0.15) is 36.9 Å². The van der Waals surface area contributed by atoms with E-state index in [9.17, 15) is 22.7 Å². The third kappa shape index (κ3) is 5.12. The van der Waals surface area contributed by atoms with Gasteiger partial charge >= 0.3 is 6.18 Å². The molecule has 0 amide bonds. The Morgan fingerprint density at radius 2 is 1.79 bits per heavy atom. The normalized spacial score (nSPS) is 16.9. The van der Waals surface area contributed by atoms with Gasteiger partial charge in [-0.05, 0) is 18.6 Å². The monoisotopic (exact) mass is 392 g/mol. The quantitative estimate of drug-likeness (QED) is 0.755. The number of aromatic hydroxyl groups is 1. The molecule has 1 aromatic rings. The van der Waals surface area contributed by atoms with Crippen LogP contribution in [0.15, 0.2) is 12.1 Å². The van der Waals surface area contributed by atoms with Crippen molar-refractivity contribution in [3.8, 4) is 5.75 Å². The number of piperazine rings is 1. The Kier molecular flexibility index (Phi) is 9.35. The van der Waals surface area contributed by atoms with Crippen LogP contribution in [0.4, 0.5) is 17.6 Å². The van der Waals surface area contributed by atoms with E-state index in [0.29, 0.717) is 45.1 Å². The summed E-state index contributed by atoms with van der Waals surface area (Å²) in [4.78, 5) is 1.88. The fourth-order valence-corrected chi connectivity index (χ4v) is 2.94. The molecule has 1 aliphatic rings. The number of phenols is 1. The fourth-order valence-electron chi connectivity index (χ4n) is 2.94. The van der Waals surface area contributed by atoms with Crippen LogP contribution < -0.4 is 5.32 Å². The zero-order chi connectivity index (χ0) is 16.3. The van der Waals surface area contributed by atoms with Gasteiger partial charge in [-0.3, -0.25) is 4.90 Å². The molecular weight excluding hydrogens is 371 g/mol. The van der Waals surface area contributed by atoms with Crippen LogP contribution in [0.25, 0.3) is 0 Å². The lowest BCUT2D eigenvalue weighted by Gasteiger charge is -2.36. The van der Waals surface area contributed by atoms with Gasteiger partial charge in [0.15, 0.2) is 11.6 Å². The van der Waals surface area contributed by atoms with Crippen molar-refractivity contribution in [2.45, 2.75) is 32.0 Å². The zero-order valence-electron chi connectivity index (χ0n) is 13.2. The van der Waals surface area contributed by atoms with Crippen molar-refractivity contribution in [1.82, 2.24) is 10.2 Å². The number of nitrogens with one attached hydrogen (secondary N) is 1. The highest BCUT2D eigenvalue weighted by Gasteiger charge is 2.39. The predicted octanol–water partition coefficient (Wildman–Crippen LogP) is 4.14. The number of halogens is 6. The Balaban J connectivity index is 0.00000264. The van der Waals surface area contributed by atoms with Crippen molar-refractivity contribution < 1.29 is 22.7 Å². The molecule has 2 rings (SSSR count). The topological polar surface area (TPSA) is 35.5 Å². The number of phenolic OH excluding ortho intramolecular Hbond substituents is 1. The highest BCUT2D eigenvalue weighted by Crippen LogP contribution is 2.43. The number of hydrogen-bond acceptors (Lipinski definition) is 3. The second kappa shape index (κ2) is 9.65. The van der Waals surface area contributed by atoms with Crippen LogP contribution >= 0.6 is 24.8 Å². The molecule has 1 aromatic carbocycles. The summed E-state index contributed by atoms with van der Waals surface area (Å²) in [6.45, 7) is 4.32. The highest BCUT2D eigenvalue weighted by molar-refractivity contribution is 5.85. The van der Waals surface area contributed by atoms with Crippen LogP contribution in [0.5, 0.6) is 5.75 Å². The van der Waals surface area contributed by atoms with Crippen molar-refractivity contribution in [1.29, 1.82) is 0 Å². The van der Waals surface area contributed by atoms with Gasteiger partial charge in [0.1, 0.15) is 0 Å². The lowest BCUT2D eigenvalue weighted by Crippen LogP contribution is -2.45. The smallest absolute Gasteiger partial charge is 0.416 e. The van der Waals surface area contributed by atoms with Crippen LogP contribution in [0.2, 0.25) is 0 Å². The van der Waals surface area contributed by atoms with Gasteiger partial charge in [0, 0.05) is 37.8 Å². The van der Waals surface area contributed by atoms with Crippen LogP contribution in [-0.4, -0.2) is 36.2 Å². The maximum absolute atomic E-state index is 13.7. The van der Waals surface area contributed by atoms with E-state index in [0.717, 1.165) is 6.07 Å². The average Bonchev–Trinajstić information content (AvgIpc) is 2.47. The lowest BCUT2D eigenvalue weighted by atomic mass is 9.93. The Morgan fingerprint density at radius 3 is 2.29 bits per heavy atom. The molecular formula is C15H22Cl2F4N2O. The van der Waals surface area contributed by atoms with Crippen LogP contribution in [0, 0.1) is 5.82 Å². The second-order valence-electron chi connectivity index (χ2n) is 5.45. The molecule has 1 atom stereocenters. The van der Waals surface area contributed by atoms with E-state index >= 15 is 0 Å². The average molecular weight is 393 g/mol. The summed E-state index contributed by atoms with van der Waals surface area (Å²) in [5.41, 5.74) is -1.29. The molecule has 9 heteroatoms. The van der Waals surface area contributed by atoms with Gasteiger partial charge in [-0.2, -0.15) is 13.2 Å². The van der Waals surface area contributed by atoms with Crippen molar-refractivity contribution in [3.63, 3.8) is 0 Å². The van der Waals surface area contributed by atoms with Gasteiger partial charge in [0.05, 0.1) is 5.56 Å². The van der Waals surface area contributed by atoms with E-state index in [1.165, 1.54) is 0 Å². The highest BCUT2D eigenvalue weighted by atomic mass is 35.5. The zero-order valence-corrected chi connectivity index (χ0v) is 14.8. The van der Waals surface area contributed by atoms with E-state index in [1.54, 1.807) is 0 Å². The molecule has 1 fully saturated rings. The van der Waals surface area contributed by atoms with E-state index in [1.807, 2.05) is 11.8 Å². The summed E-state index contributed by atoms with van der Waals surface area (Å²) in [5.74, 6) is -1.90. The number of nitrogens with zero attached hydrogens (tertiary/aromatic N) is 1. The van der Waals surface area contributed by atoms with Crippen LogP contribution in [-0.2, 0) is 6.18 Å². The van der Waals surface area contributed by atoms with E-state index < -0.39 is 29.3 Å². The minimum absolute atomic E-state index is 0. The standard InChI is InChI=1S/C15H20F4N2O.2ClH/c1-2-3-12(21-8-6-20-7-9-21)13-10(15(17,18)19)4-5-11(16)14(13)22;;/h4-5,12,20,22H,2-3,6-9H2,1H3;2*1H/t12-;;/m1../s1. The maximum Gasteiger partial charge on any atom is 0.416 e. The molecule has 1 saturated heterocycles. The SMILES string of the molecule is CCC[C@H](c1c(C(F)(F)F)ccc(F)c1O)N1CCNCC1.Cl.Cl. The van der Waals surface area contributed by atoms with Gasteiger partial charge in [0.25, 0.3) is 0 Å². The first kappa shape index (κ1) is 23.2. The Bertz CT molecular complexity index is 523. The lowest BCUT2D eigenvalue weighted by molar-refractivity contribution is -0.139. The number of alkyl halides is 3. The van der Waals surface area contributed by atoms with Crippen molar-refractivity contribution >= 4 is 24.8 Å². The molecule has 2 N–H and O–H groups in total. The number of benzene rings is 1. The molecule has 1 heterocycles. The first-order valence-corrected chi connectivity index (χ1v) is 7.39. The largest absolute Gasteiger partial charge is 0.505 e. The molecule has 0 radical (unpaired) electrons. The molecule has 0 saturated carbocycles. The van der Waals surface area contributed by atoms with E-state index in [-0.39, 0.29) is 30.4 Å². The summed E-state index contributed by atoms with van der Waals surface area (Å²) >= 11 is 0. The predicted molar refractivity (Wildman–Crippen MR) is 89.7 cm³/mol. The minimum atomic E-state index is -4.62. The second-order valence-corrected chi connectivity index (χ2v) is 5.45. The van der Waals surface area contributed by atoms with Crippen molar-refractivity contribution in [2.24, 2.45) is 0 Å². The maximum atomic E-state index is 13.7. The van der Waals surface area contributed by atoms with Gasteiger partial charge in [-0.1, -0.05) is 13.3 Å². The Hall–Kier alpha value is -0.760. The number of hydrogen-bond donors (Lipinski definition) is 2. The van der Waals surface area contributed by atoms with E-state index in [4.69, 9.17) is 0 Å². The Morgan fingerprint density at radius 1 is 1.21 bits per heavy atom. The van der Waals surface area contributed by atoms with Crippen molar-refractivity contribution in [2.75, 3.05) is 26.2 Å². The minimum Gasteiger partial charge on any atom is -0.505 e. The molecule has 1 aliphatic heterocycles. The number of rotatable bonds is 4. The van der Waals surface area contributed by atoms with Gasteiger partial charge in [0.2, 0.25) is 0 Å². The summed E-state index contributed by atoms with van der Waals surface area (Å²) in [6, 6.07) is 0.747. The summed E-state index contributed by atoms with van der Waals surface area (Å²) in [6.07, 6.45) is -3.55. The van der Waals surface area contributed by atoms with Crippen LogP contribution in [0.3, 0.4) is 0 Å². The molecule has 24 heavy (non-hydrogen) atoms. The summed E-state index contributed by atoms with van der Waals surface area (Å²) in [7, 11) is 0. The molecule has 140 valence electrons. The first-order valence-electron chi connectivity index (χ1n) is 7.39. The van der Waals surface area contributed by atoms with Gasteiger partial charge in [-0.15, -0.1) is 24.8 Å². The molecule has 0 aromatic heterocycles. The molecule has 0 aliphatic carbocycles. The van der Waals surface area contributed by atoms with Gasteiger partial charge < -0.3 is 10.4 Å². The summed E-state index contributed by atoms with van der Waals surface area (Å²) < 4.78 is 53.5. The fraction of sp³-hybridized carbons (Fsp3) is 0.600. The van der Waals surface area contributed by atoms with Gasteiger partial charge in [-0.25, -0.2) is 4.39 Å². The third-order valence-corrected chi connectivity index (χ3v) is 3.96. The van der Waals surface area contributed by atoms with E-state index in [2.05, 4.69) is 5.32 Å². The molecule has 0 spiro atoms. The third-order valence-electron chi connectivity index (χ3n) is 3.96. The molecule has 0 bridgehead atoms. The first-order chi connectivity index (χ1) is 10.4. The molecule has 3 nitrogen and oxygen atoms in total. The summed E-state index contributed by atoms with van der Waals surface area (Å²) in [5, 5.41) is 13.1. The van der Waals surface area contributed by atoms with Crippen molar-refractivity contribution in [3.05, 3.63) is 29.1 Å².